The first kappa shape index (κ1) is 19.5. The van der Waals surface area contributed by atoms with E-state index < -0.39 is 0 Å². The topological polar surface area (TPSA) is 49.3 Å². The van der Waals surface area contributed by atoms with Crippen LogP contribution in [-0.4, -0.2) is 30.4 Å². The third kappa shape index (κ3) is 5.35. The van der Waals surface area contributed by atoms with Gasteiger partial charge in [0.1, 0.15) is 0 Å². The van der Waals surface area contributed by atoms with Crippen LogP contribution in [0.15, 0.2) is 54.6 Å². The predicted octanol–water partition coefficient (Wildman–Crippen LogP) is 4.08. The molecule has 1 atom stereocenters. The van der Waals surface area contributed by atoms with Crippen molar-refractivity contribution in [2.45, 2.75) is 25.5 Å². The molecule has 0 unspecified atom stereocenters. The van der Waals surface area contributed by atoms with E-state index >= 15 is 0 Å². The lowest BCUT2D eigenvalue weighted by Gasteiger charge is -2.33. The number of hydrogen-bond donors (Lipinski definition) is 2. The molecule has 0 saturated carbocycles. The SMILES string of the molecule is CSCc1ccc(C(=O)NC[C@@H](c2ccccc2)C(C)(C)CO)cc1. The highest BCUT2D eigenvalue weighted by Crippen LogP contribution is 2.34. The highest BCUT2D eigenvalue weighted by molar-refractivity contribution is 7.97. The second-order valence-corrected chi connectivity index (χ2v) is 7.82. The van der Waals surface area contributed by atoms with Gasteiger partial charge in [-0.25, -0.2) is 0 Å². The Labute approximate surface area is 154 Å². The van der Waals surface area contributed by atoms with Crippen molar-refractivity contribution in [3.63, 3.8) is 0 Å². The molecule has 3 nitrogen and oxygen atoms in total. The highest BCUT2D eigenvalue weighted by Gasteiger charge is 2.30. The van der Waals surface area contributed by atoms with Crippen LogP contribution in [0.5, 0.6) is 0 Å². The zero-order valence-electron chi connectivity index (χ0n) is 15.2. The summed E-state index contributed by atoms with van der Waals surface area (Å²) in [5.41, 5.74) is 2.68. The number of thioether (sulfide) groups is 1. The molecule has 0 spiro atoms. The maximum Gasteiger partial charge on any atom is 0.251 e. The molecule has 0 saturated heterocycles. The van der Waals surface area contributed by atoms with Crippen LogP contribution < -0.4 is 5.32 Å². The summed E-state index contributed by atoms with van der Waals surface area (Å²) in [5.74, 6) is 0.909. The van der Waals surface area contributed by atoms with Gasteiger partial charge in [0.15, 0.2) is 0 Å². The van der Waals surface area contributed by atoms with E-state index in [2.05, 4.69) is 11.6 Å². The summed E-state index contributed by atoms with van der Waals surface area (Å²) in [7, 11) is 0. The molecule has 0 aromatic heterocycles. The normalized spacial score (nSPS) is 12.6. The number of nitrogens with one attached hydrogen (secondary N) is 1. The summed E-state index contributed by atoms with van der Waals surface area (Å²) in [4.78, 5) is 12.5. The van der Waals surface area contributed by atoms with E-state index in [1.807, 2.05) is 68.4 Å². The van der Waals surface area contributed by atoms with Gasteiger partial charge >= 0.3 is 0 Å². The number of rotatable bonds is 8. The first-order chi connectivity index (χ1) is 12.0. The lowest BCUT2D eigenvalue weighted by molar-refractivity contribution is 0.0920. The molecular formula is C21H27NO2S. The molecule has 0 aliphatic carbocycles. The van der Waals surface area contributed by atoms with Gasteiger partial charge in [-0.3, -0.25) is 4.79 Å². The standard InChI is InChI=1S/C21H27NO2S/c1-21(2,15-23)19(17-7-5-4-6-8-17)13-22-20(24)18-11-9-16(10-12-18)14-25-3/h4-12,19,23H,13-15H2,1-3H3,(H,22,24)/t19-/m0/s1. The highest BCUT2D eigenvalue weighted by atomic mass is 32.2. The lowest BCUT2D eigenvalue weighted by atomic mass is 9.75. The zero-order valence-corrected chi connectivity index (χ0v) is 16.0. The van der Waals surface area contributed by atoms with Crippen molar-refractivity contribution in [2.24, 2.45) is 5.41 Å². The molecule has 25 heavy (non-hydrogen) atoms. The predicted molar refractivity (Wildman–Crippen MR) is 106 cm³/mol. The van der Waals surface area contributed by atoms with Crippen molar-refractivity contribution in [1.29, 1.82) is 0 Å². The maximum absolute atomic E-state index is 12.5. The zero-order chi connectivity index (χ0) is 18.3. The van der Waals surface area contributed by atoms with Gasteiger partial charge in [0.25, 0.3) is 5.91 Å². The Morgan fingerprint density at radius 3 is 2.32 bits per heavy atom. The molecule has 2 aromatic carbocycles. The Morgan fingerprint density at radius 1 is 1.12 bits per heavy atom. The third-order valence-corrected chi connectivity index (χ3v) is 5.17. The minimum atomic E-state index is -0.323. The molecule has 2 N–H and O–H groups in total. The molecule has 0 heterocycles. The Bertz CT molecular complexity index is 668. The Hall–Kier alpha value is -1.78. The summed E-state index contributed by atoms with van der Waals surface area (Å²) >= 11 is 1.76. The molecule has 4 heteroatoms. The fourth-order valence-electron chi connectivity index (χ4n) is 2.86. The Morgan fingerprint density at radius 2 is 1.76 bits per heavy atom. The van der Waals surface area contributed by atoms with Gasteiger partial charge in [-0.1, -0.05) is 56.3 Å². The third-order valence-electron chi connectivity index (χ3n) is 4.55. The number of aliphatic hydroxyl groups is 1. The number of benzene rings is 2. The second kappa shape index (κ2) is 9.07. The summed E-state index contributed by atoms with van der Waals surface area (Å²) in [6, 6.07) is 17.8. The van der Waals surface area contributed by atoms with Gasteiger partial charge in [-0.05, 0) is 34.9 Å². The lowest BCUT2D eigenvalue weighted by Crippen LogP contribution is -2.36. The molecule has 0 radical (unpaired) electrons. The van der Waals surface area contributed by atoms with E-state index in [0.717, 1.165) is 11.3 Å². The number of carbonyl (C=O) groups excluding carboxylic acids is 1. The Kier molecular flexibility index (Phi) is 7.09. The monoisotopic (exact) mass is 357 g/mol. The van der Waals surface area contributed by atoms with Crippen LogP contribution in [0.25, 0.3) is 0 Å². The summed E-state index contributed by atoms with van der Waals surface area (Å²) in [5, 5.41) is 12.8. The van der Waals surface area contributed by atoms with Gasteiger partial charge in [0.2, 0.25) is 0 Å². The van der Waals surface area contributed by atoms with E-state index in [1.54, 1.807) is 11.8 Å². The van der Waals surface area contributed by atoms with Gasteiger partial charge in [-0.15, -0.1) is 0 Å². The van der Waals surface area contributed by atoms with Gasteiger partial charge in [-0.2, -0.15) is 11.8 Å². The van der Waals surface area contributed by atoms with Crippen molar-refractivity contribution < 1.29 is 9.90 Å². The molecule has 134 valence electrons. The molecule has 2 rings (SSSR count). The number of hydrogen-bond acceptors (Lipinski definition) is 3. The summed E-state index contributed by atoms with van der Waals surface area (Å²) < 4.78 is 0. The van der Waals surface area contributed by atoms with Crippen LogP contribution in [0.1, 0.15) is 41.3 Å². The quantitative estimate of drug-likeness (QED) is 0.748. The van der Waals surface area contributed by atoms with E-state index in [9.17, 15) is 9.90 Å². The molecule has 0 aliphatic rings. The van der Waals surface area contributed by atoms with Gasteiger partial charge in [0, 0.05) is 30.4 Å². The second-order valence-electron chi connectivity index (χ2n) is 6.95. The van der Waals surface area contributed by atoms with E-state index in [-0.39, 0.29) is 23.8 Å². The molecule has 2 aromatic rings. The van der Waals surface area contributed by atoms with Crippen molar-refractivity contribution >= 4 is 17.7 Å². The van der Waals surface area contributed by atoms with Crippen molar-refractivity contribution in [3.8, 4) is 0 Å². The molecule has 0 fully saturated rings. The van der Waals surface area contributed by atoms with Crippen molar-refractivity contribution in [1.82, 2.24) is 5.32 Å². The fraction of sp³-hybridized carbons (Fsp3) is 0.381. The first-order valence-electron chi connectivity index (χ1n) is 8.50. The fourth-order valence-corrected chi connectivity index (χ4v) is 3.38. The number of aliphatic hydroxyl groups excluding tert-OH is 1. The van der Waals surface area contributed by atoms with Crippen LogP contribution in [0.3, 0.4) is 0 Å². The minimum Gasteiger partial charge on any atom is -0.396 e. The number of carbonyl (C=O) groups is 1. The van der Waals surface area contributed by atoms with E-state index in [1.165, 1.54) is 5.56 Å². The molecule has 0 aliphatic heterocycles. The number of amides is 1. The van der Waals surface area contributed by atoms with Gasteiger partial charge in [0.05, 0.1) is 0 Å². The van der Waals surface area contributed by atoms with Crippen LogP contribution in [-0.2, 0) is 5.75 Å². The maximum atomic E-state index is 12.5. The molecular weight excluding hydrogens is 330 g/mol. The summed E-state index contributed by atoms with van der Waals surface area (Å²) in [6.07, 6.45) is 2.06. The van der Waals surface area contributed by atoms with Gasteiger partial charge < -0.3 is 10.4 Å². The van der Waals surface area contributed by atoms with Crippen LogP contribution in [0, 0.1) is 5.41 Å². The molecule has 1 amide bonds. The smallest absolute Gasteiger partial charge is 0.251 e. The molecule has 0 bridgehead atoms. The summed E-state index contributed by atoms with van der Waals surface area (Å²) in [6.45, 7) is 4.59. The van der Waals surface area contributed by atoms with Crippen LogP contribution in [0.2, 0.25) is 0 Å². The first-order valence-corrected chi connectivity index (χ1v) is 9.89. The van der Waals surface area contributed by atoms with E-state index in [4.69, 9.17) is 0 Å². The van der Waals surface area contributed by atoms with Crippen LogP contribution >= 0.6 is 11.8 Å². The Balaban J connectivity index is 2.08. The average Bonchev–Trinajstić information content (AvgIpc) is 2.63. The largest absolute Gasteiger partial charge is 0.396 e. The van der Waals surface area contributed by atoms with Crippen molar-refractivity contribution in [2.75, 3.05) is 19.4 Å². The minimum absolute atomic E-state index is 0.0402. The average molecular weight is 358 g/mol. The van der Waals surface area contributed by atoms with E-state index in [0.29, 0.717) is 12.1 Å². The van der Waals surface area contributed by atoms with Crippen molar-refractivity contribution in [3.05, 3.63) is 71.3 Å². The van der Waals surface area contributed by atoms with Crippen LogP contribution in [0.4, 0.5) is 0 Å².